The van der Waals surface area contributed by atoms with Gasteiger partial charge in [0.15, 0.2) is 10.9 Å². The van der Waals surface area contributed by atoms with Gasteiger partial charge in [0.1, 0.15) is 12.7 Å². The van der Waals surface area contributed by atoms with E-state index in [1.807, 2.05) is 0 Å². The molecule has 0 atom stereocenters. The summed E-state index contributed by atoms with van der Waals surface area (Å²) in [6, 6.07) is 0. The van der Waals surface area contributed by atoms with Gasteiger partial charge in [-0.05, 0) is 17.1 Å². The molecule has 3 N–H and O–H groups in total. The quantitative estimate of drug-likeness (QED) is 0.426. The third-order valence-electron chi connectivity index (χ3n) is 1.86. The minimum absolute atomic E-state index is 0.0303. The molecule has 0 spiro atoms. The molecule has 1 heterocycles. The second-order valence-electron chi connectivity index (χ2n) is 2.86. The van der Waals surface area contributed by atoms with Crippen LogP contribution in [-0.4, -0.2) is 26.1 Å². The number of aryl methyl sites for hydroxylation is 1. The first-order chi connectivity index (χ1) is 7.02. The second kappa shape index (κ2) is 4.69. The van der Waals surface area contributed by atoms with E-state index in [2.05, 4.69) is 22.5 Å². The Morgan fingerprint density at radius 2 is 2.53 bits per heavy atom. The molecule has 82 valence electrons. The summed E-state index contributed by atoms with van der Waals surface area (Å²) < 4.78 is 1.49. The highest BCUT2D eigenvalue weighted by molar-refractivity contribution is 7.80. The molecule has 0 unspecified atom stereocenters. The molecular weight excluding hydrogens is 218 g/mol. The fourth-order valence-electron chi connectivity index (χ4n) is 1.17. The summed E-state index contributed by atoms with van der Waals surface area (Å²) >= 11 is 4.62. The Morgan fingerprint density at radius 1 is 1.87 bits per heavy atom. The second-order valence-corrected chi connectivity index (χ2v) is 3.30. The zero-order valence-corrected chi connectivity index (χ0v) is 8.95. The molecule has 1 rings (SSSR count). The van der Waals surface area contributed by atoms with Crippen molar-refractivity contribution in [2.75, 3.05) is 6.54 Å². The summed E-state index contributed by atoms with van der Waals surface area (Å²) in [4.78, 5) is 14.0. The number of nitro groups is 1. The summed E-state index contributed by atoms with van der Waals surface area (Å²) in [6.07, 6.45) is 1.23. The van der Waals surface area contributed by atoms with Gasteiger partial charge in [-0.2, -0.15) is 0 Å². The molecule has 0 amide bonds. The molecule has 1 aromatic heterocycles. The van der Waals surface area contributed by atoms with E-state index < -0.39 is 4.92 Å². The maximum Gasteiger partial charge on any atom is 0.342 e. The van der Waals surface area contributed by atoms with Gasteiger partial charge in [-0.15, -0.1) is 0 Å². The molecule has 0 aliphatic carbocycles. The highest BCUT2D eigenvalue weighted by Gasteiger charge is 2.16. The highest BCUT2D eigenvalue weighted by Crippen LogP contribution is 2.12. The Morgan fingerprint density at radius 3 is 3.07 bits per heavy atom. The van der Waals surface area contributed by atoms with Crippen molar-refractivity contribution in [3.8, 4) is 0 Å². The minimum Gasteiger partial charge on any atom is -0.376 e. The molecule has 0 saturated heterocycles. The Balaban J connectivity index is 2.70. The van der Waals surface area contributed by atoms with Crippen LogP contribution >= 0.6 is 12.2 Å². The molecule has 0 aliphatic rings. The zero-order valence-electron chi connectivity index (χ0n) is 8.14. The Labute approximate surface area is 91.4 Å². The fraction of sp³-hybridized carbons (Fsp3) is 0.429. The van der Waals surface area contributed by atoms with E-state index in [1.54, 1.807) is 6.92 Å². The van der Waals surface area contributed by atoms with Gasteiger partial charge in [-0.3, -0.25) is 0 Å². The van der Waals surface area contributed by atoms with Crippen molar-refractivity contribution in [3.63, 3.8) is 0 Å². The van der Waals surface area contributed by atoms with Crippen LogP contribution in [0.1, 0.15) is 5.82 Å². The van der Waals surface area contributed by atoms with Gasteiger partial charge in [0.2, 0.25) is 0 Å². The average Bonchev–Trinajstić information content (AvgIpc) is 2.47. The van der Waals surface area contributed by atoms with E-state index in [0.717, 1.165) is 0 Å². The van der Waals surface area contributed by atoms with E-state index in [4.69, 9.17) is 5.73 Å². The molecule has 8 heteroatoms. The lowest BCUT2D eigenvalue weighted by Crippen LogP contribution is -2.32. The maximum atomic E-state index is 10.6. The predicted octanol–water partition coefficient (Wildman–Crippen LogP) is -0.0671. The van der Waals surface area contributed by atoms with Gasteiger partial charge in [0, 0.05) is 6.92 Å². The van der Waals surface area contributed by atoms with E-state index in [-0.39, 0.29) is 10.9 Å². The monoisotopic (exact) mass is 229 g/mol. The molecule has 0 fully saturated rings. The molecule has 0 saturated carbocycles. The van der Waals surface area contributed by atoms with Crippen LogP contribution in [0.4, 0.5) is 5.82 Å². The summed E-state index contributed by atoms with van der Waals surface area (Å²) in [7, 11) is 0. The maximum absolute atomic E-state index is 10.6. The number of nitrogens with one attached hydrogen (secondary N) is 1. The third kappa shape index (κ3) is 2.88. The van der Waals surface area contributed by atoms with Crippen molar-refractivity contribution in [1.29, 1.82) is 0 Å². The summed E-state index contributed by atoms with van der Waals surface area (Å²) in [5.74, 6) is 0.559. The van der Waals surface area contributed by atoms with Crippen molar-refractivity contribution in [1.82, 2.24) is 14.9 Å². The molecule has 15 heavy (non-hydrogen) atoms. The predicted molar refractivity (Wildman–Crippen MR) is 58.4 cm³/mol. The first-order valence-corrected chi connectivity index (χ1v) is 4.63. The van der Waals surface area contributed by atoms with Gasteiger partial charge in [0.05, 0.1) is 6.54 Å². The Hall–Kier alpha value is -1.70. The molecule has 0 aromatic carbocycles. The van der Waals surface area contributed by atoms with Crippen molar-refractivity contribution < 1.29 is 4.92 Å². The first kappa shape index (κ1) is 11.4. The smallest absolute Gasteiger partial charge is 0.342 e. The van der Waals surface area contributed by atoms with Crippen LogP contribution in [0, 0.1) is 17.0 Å². The molecular formula is C7H11N5O2S. The SMILES string of the molecule is Cc1ncc([N+](=O)[O-])n1CCNC(N)=S. The number of hydrogen-bond acceptors (Lipinski definition) is 4. The lowest BCUT2D eigenvalue weighted by atomic mass is 10.5. The normalized spacial score (nSPS) is 9.93. The molecule has 1 aromatic rings. The molecule has 0 bridgehead atoms. The topological polar surface area (TPSA) is 99.0 Å². The number of thiocarbonyl (C=S) groups is 1. The van der Waals surface area contributed by atoms with E-state index in [0.29, 0.717) is 18.9 Å². The third-order valence-corrected chi connectivity index (χ3v) is 2.00. The number of hydrogen-bond donors (Lipinski definition) is 2. The summed E-state index contributed by atoms with van der Waals surface area (Å²) in [5.41, 5.74) is 5.23. The van der Waals surface area contributed by atoms with Crippen molar-refractivity contribution in [2.45, 2.75) is 13.5 Å². The molecule has 7 nitrogen and oxygen atoms in total. The summed E-state index contributed by atoms with van der Waals surface area (Å²) in [6.45, 7) is 2.54. The minimum atomic E-state index is -0.471. The number of imidazole rings is 1. The van der Waals surface area contributed by atoms with Gasteiger partial charge in [-0.25, -0.2) is 9.55 Å². The van der Waals surface area contributed by atoms with Gasteiger partial charge < -0.3 is 21.2 Å². The largest absolute Gasteiger partial charge is 0.376 e. The number of rotatable bonds is 4. The molecule has 0 aliphatic heterocycles. The molecule has 0 radical (unpaired) electrons. The lowest BCUT2D eigenvalue weighted by Gasteiger charge is -2.04. The van der Waals surface area contributed by atoms with Crippen LogP contribution in [0.5, 0.6) is 0 Å². The number of nitrogens with zero attached hydrogens (tertiary/aromatic N) is 3. The average molecular weight is 229 g/mol. The van der Waals surface area contributed by atoms with Gasteiger partial charge in [0.25, 0.3) is 0 Å². The van der Waals surface area contributed by atoms with Crippen molar-refractivity contribution in [3.05, 3.63) is 22.1 Å². The van der Waals surface area contributed by atoms with E-state index in [9.17, 15) is 10.1 Å². The van der Waals surface area contributed by atoms with E-state index in [1.165, 1.54) is 10.8 Å². The zero-order chi connectivity index (χ0) is 11.4. The number of aromatic nitrogens is 2. The van der Waals surface area contributed by atoms with Gasteiger partial charge >= 0.3 is 5.82 Å². The summed E-state index contributed by atoms with van der Waals surface area (Å²) in [5, 5.41) is 13.5. The van der Waals surface area contributed by atoms with Crippen LogP contribution in [0.3, 0.4) is 0 Å². The standard InChI is InChI=1S/C7H11N5O2S/c1-5-10-4-6(12(13)14)11(5)3-2-9-7(8)15/h4H,2-3H2,1H3,(H3,8,9,15). The van der Waals surface area contributed by atoms with Crippen LogP contribution in [0.2, 0.25) is 0 Å². The van der Waals surface area contributed by atoms with Crippen LogP contribution in [0.25, 0.3) is 0 Å². The van der Waals surface area contributed by atoms with Crippen molar-refractivity contribution >= 4 is 23.1 Å². The van der Waals surface area contributed by atoms with Crippen LogP contribution in [0.15, 0.2) is 6.20 Å². The van der Waals surface area contributed by atoms with Crippen LogP contribution < -0.4 is 11.1 Å². The highest BCUT2D eigenvalue weighted by atomic mass is 32.1. The Bertz CT molecular complexity index is 389. The van der Waals surface area contributed by atoms with Crippen LogP contribution in [-0.2, 0) is 6.54 Å². The van der Waals surface area contributed by atoms with Crippen molar-refractivity contribution in [2.24, 2.45) is 5.73 Å². The lowest BCUT2D eigenvalue weighted by molar-refractivity contribution is -0.392. The first-order valence-electron chi connectivity index (χ1n) is 4.22. The Kier molecular flexibility index (Phi) is 3.56. The number of nitrogens with two attached hydrogens (primary N) is 1. The van der Waals surface area contributed by atoms with Gasteiger partial charge in [-0.1, -0.05) is 0 Å². The van der Waals surface area contributed by atoms with E-state index >= 15 is 0 Å². The fourth-order valence-corrected chi connectivity index (χ4v) is 1.27.